The molecule has 21 heavy (non-hydrogen) atoms. The highest BCUT2D eigenvalue weighted by Gasteiger charge is 2.13. The highest BCUT2D eigenvalue weighted by molar-refractivity contribution is 9.10. The van der Waals surface area contributed by atoms with Gasteiger partial charge in [-0.05, 0) is 51.7 Å². The van der Waals surface area contributed by atoms with Crippen LogP contribution in [0.2, 0.25) is 0 Å². The number of rotatable bonds is 4. The summed E-state index contributed by atoms with van der Waals surface area (Å²) in [5, 5.41) is 0. The van der Waals surface area contributed by atoms with E-state index in [9.17, 15) is 4.79 Å². The second kappa shape index (κ2) is 6.76. The zero-order chi connectivity index (χ0) is 15.4. The van der Waals surface area contributed by atoms with Crippen LogP contribution in [0.1, 0.15) is 28.4 Å². The van der Waals surface area contributed by atoms with Crippen molar-refractivity contribution in [1.29, 1.82) is 0 Å². The number of nitrogens with zero attached hydrogens (tertiary/aromatic N) is 1. The molecule has 3 nitrogen and oxygen atoms in total. The van der Waals surface area contributed by atoms with Gasteiger partial charge in [0.1, 0.15) is 0 Å². The monoisotopic (exact) mass is 346 g/mol. The Balaban J connectivity index is 2.09. The van der Waals surface area contributed by atoms with Crippen molar-refractivity contribution in [3.8, 4) is 0 Å². The molecule has 2 N–H and O–H groups in total. The number of aryl methyl sites for hydroxylation is 1. The molecule has 2 aromatic carbocycles. The van der Waals surface area contributed by atoms with Crippen molar-refractivity contribution in [2.75, 3.05) is 12.8 Å². The molecule has 0 saturated heterocycles. The molecule has 0 radical (unpaired) electrons. The molecule has 0 aliphatic rings. The Kier molecular flexibility index (Phi) is 5.02. The van der Waals surface area contributed by atoms with Gasteiger partial charge in [-0.15, -0.1) is 0 Å². The number of carbonyl (C=O) groups excluding carboxylic acids is 1. The lowest BCUT2D eigenvalue weighted by Crippen LogP contribution is -2.26. The van der Waals surface area contributed by atoms with E-state index in [1.54, 1.807) is 30.1 Å². The lowest BCUT2D eigenvalue weighted by atomic mass is 10.1. The first kappa shape index (κ1) is 15.6. The summed E-state index contributed by atoms with van der Waals surface area (Å²) >= 11 is 3.35. The summed E-state index contributed by atoms with van der Waals surface area (Å²) < 4.78 is 0.744. The van der Waals surface area contributed by atoms with Gasteiger partial charge < -0.3 is 10.6 Å². The quantitative estimate of drug-likeness (QED) is 0.854. The van der Waals surface area contributed by atoms with Crippen molar-refractivity contribution in [3.05, 3.63) is 63.6 Å². The van der Waals surface area contributed by atoms with Gasteiger partial charge in [-0.1, -0.05) is 31.2 Å². The van der Waals surface area contributed by atoms with E-state index >= 15 is 0 Å². The maximum Gasteiger partial charge on any atom is 0.253 e. The number of benzene rings is 2. The minimum absolute atomic E-state index is 0.0183. The molecule has 2 rings (SSSR count). The van der Waals surface area contributed by atoms with E-state index in [4.69, 9.17) is 5.73 Å². The summed E-state index contributed by atoms with van der Waals surface area (Å²) in [6, 6.07) is 13.6. The number of nitrogen functional groups attached to an aromatic ring is 1. The summed E-state index contributed by atoms with van der Waals surface area (Å²) in [7, 11) is 1.81. The molecule has 0 aromatic heterocycles. The minimum atomic E-state index is -0.0183. The molecule has 0 aliphatic heterocycles. The van der Waals surface area contributed by atoms with Gasteiger partial charge in [-0.25, -0.2) is 0 Å². The maximum absolute atomic E-state index is 12.4. The third-order valence-electron chi connectivity index (χ3n) is 3.45. The fourth-order valence-electron chi connectivity index (χ4n) is 2.11. The summed E-state index contributed by atoms with van der Waals surface area (Å²) in [6.45, 7) is 2.72. The molecule has 0 bridgehead atoms. The van der Waals surface area contributed by atoms with Gasteiger partial charge >= 0.3 is 0 Å². The highest BCUT2D eigenvalue weighted by Crippen LogP contribution is 2.21. The Morgan fingerprint density at radius 1 is 1.14 bits per heavy atom. The van der Waals surface area contributed by atoms with Crippen molar-refractivity contribution < 1.29 is 4.79 Å². The average molecular weight is 347 g/mol. The van der Waals surface area contributed by atoms with Crippen molar-refractivity contribution in [2.45, 2.75) is 19.9 Å². The van der Waals surface area contributed by atoms with Gasteiger partial charge in [0.15, 0.2) is 0 Å². The summed E-state index contributed by atoms with van der Waals surface area (Å²) in [5.41, 5.74) is 9.43. The SMILES string of the molecule is CCc1ccc(CN(C)C(=O)c2ccc(N)c(Br)c2)cc1. The molecule has 4 heteroatoms. The first-order chi connectivity index (χ1) is 10.0. The van der Waals surface area contributed by atoms with Crippen molar-refractivity contribution in [3.63, 3.8) is 0 Å². The van der Waals surface area contributed by atoms with E-state index in [2.05, 4.69) is 47.1 Å². The Morgan fingerprint density at radius 3 is 2.33 bits per heavy atom. The number of halogens is 1. The Morgan fingerprint density at radius 2 is 1.76 bits per heavy atom. The molecule has 2 aromatic rings. The van der Waals surface area contributed by atoms with Crippen LogP contribution in [0.15, 0.2) is 46.9 Å². The van der Waals surface area contributed by atoms with Crippen LogP contribution in [-0.2, 0) is 13.0 Å². The lowest BCUT2D eigenvalue weighted by molar-refractivity contribution is 0.0785. The molecule has 0 atom stereocenters. The summed E-state index contributed by atoms with van der Waals surface area (Å²) in [4.78, 5) is 14.1. The minimum Gasteiger partial charge on any atom is -0.398 e. The smallest absolute Gasteiger partial charge is 0.253 e. The second-order valence-corrected chi connectivity index (χ2v) is 5.92. The van der Waals surface area contributed by atoms with Crippen LogP contribution in [0.4, 0.5) is 5.69 Å². The summed E-state index contributed by atoms with van der Waals surface area (Å²) in [6.07, 6.45) is 1.02. The normalized spacial score (nSPS) is 10.4. The predicted octanol–water partition coefficient (Wildman–Crippen LogP) is 3.87. The Hall–Kier alpha value is -1.81. The molecule has 0 fully saturated rings. The maximum atomic E-state index is 12.4. The van der Waals surface area contributed by atoms with Crippen LogP contribution >= 0.6 is 15.9 Å². The van der Waals surface area contributed by atoms with Crippen LogP contribution in [0, 0.1) is 0 Å². The number of anilines is 1. The van der Waals surface area contributed by atoms with E-state index in [-0.39, 0.29) is 5.91 Å². The third-order valence-corrected chi connectivity index (χ3v) is 4.13. The number of hydrogen-bond donors (Lipinski definition) is 1. The van der Waals surface area contributed by atoms with Gasteiger partial charge in [0.25, 0.3) is 5.91 Å². The van der Waals surface area contributed by atoms with Gasteiger partial charge in [0, 0.05) is 29.3 Å². The van der Waals surface area contributed by atoms with Crippen LogP contribution in [-0.4, -0.2) is 17.9 Å². The molecule has 0 heterocycles. The number of nitrogens with two attached hydrogens (primary N) is 1. The van der Waals surface area contributed by atoms with Crippen LogP contribution in [0.3, 0.4) is 0 Å². The first-order valence-electron chi connectivity index (χ1n) is 6.89. The van der Waals surface area contributed by atoms with Gasteiger partial charge in [0.2, 0.25) is 0 Å². The van der Waals surface area contributed by atoms with E-state index in [1.807, 2.05) is 0 Å². The highest BCUT2D eigenvalue weighted by atomic mass is 79.9. The molecule has 0 spiro atoms. The zero-order valence-electron chi connectivity index (χ0n) is 12.3. The second-order valence-electron chi connectivity index (χ2n) is 5.07. The van der Waals surface area contributed by atoms with E-state index < -0.39 is 0 Å². The van der Waals surface area contributed by atoms with Gasteiger partial charge in [-0.3, -0.25) is 4.79 Å². The fourth-order valence-corrected chi connectivity index (χ4v) is 2.49. The third kappa shape index (κ3) is 3.85. The van der Waals surface area contributed by atoms with Crippen molar-refractivity contribution in [1.82, 2.24) is 4.90 Å². The Bertz CT molecular complexity index is 638. The molecule has 1 amide bonds. The largest absolute Gasteiger partial charge is 0.398 e. The Labute approximate surface area is 133 Å². The molecule has 0 aliphatic carbocycles. The van der Waals surface area contributed by atoms with Crippen LogP contribution < -0.4 is 5.73 Å². The van der Waals surface area contributed by atoms with E-state index in [0.29, 0.717) is 17.8 Å². The van der Waals surface area contributed by atoms with Crippen LogP contribution in [0.5, 0.6) is 0 Å². The predicted molar refractivity (Wildman–Crippen MR) is 90.2 cm³/mol. The number of carbonyl (C=O) groups is 1. The fraction of sp³-hybridized carbons (Fsp3) is 0.235. The molecule has 110 valence electrons. The van der Waals surface area contributed by atoms with Gasteiger partial charge in [0.05, 0.1) is 0 Å². The first-order valence-corrected chi connectivity index (χ1v) is 7.69. The lowest BCUT2D eigenvalue weighted by Gasteiger charge is -2.18. The average Bonchev–Trinajstić information content (AvgIpc) is 2.50. The van der Waals surface area contributed by atoms with Crippen LogP contribution in [0.25, 0.3) is 0 Å². The topological polar surface area (TPSA) is 46.3 Å². The van der Waals surface area contributed by atoms with Crippen molar-refractivity contribution in [2.24, 2.45) is 0 Å². The van der Waals surface area contributed by atoms with Gasteiger partial charge in [-0.2, -0.15) is 0 Å². The van der Waals surface area contributed by atoms with E-state index in [0.717, 1.165) is 16.5 Å². The molecular weight excluding hydrogens is 328 g/mol. The molecular formula is C17H19BrN2O. The van der Waals surface area contributed by atoms with E-state index in [1.165, 1.54) is 5.56 Å². The number of amides is 1. The standard InChI is InChI=1S/C17H19BrN2O/c1-3-12-4-6-13(7-5-12)11-20(2)17(21)14-8-9-16(19)15(18)10-14/h4-10H,3,11,19H2,1-2H3. The number of hydrogen-bond acceptors (Lipinski definition) is 2. The summed E-state index contributed by atoms with van der Waals surface area (Å²) in [5.74, 6) is -0.0183. The zero-order valence-corrected chi connectivity index (χ0v) is 13.9. The van der Waals surface area contributed by atoms with Crippen molar-refractivity contribution >= 4 is 27.5 Å². The molecule has 0 saturated carbocycles. The molecule has 0 unspecified atom stereocenters.